The van der Waals surface area contributed by atoms with Crippen LogP contribution in [0.4, 0.5) is 0 Å². The molecule has 0 aliphatic heterocycles. The molecule has 0 fully saturated rings. The molecule has 0 aromatic heterocycles. The van der Waals surface area contributed by atoms with Gasteiger partial charge in [-0.3, -0.25) is 14.5 Å². The highest BCUT2D eigenvalue weighted by Gasteiger charge is 2.14. The van der Waals surface area contributed by atoms with Crippen LogP contribution in [-0.4, -0.2) is 36.2 Å². The number of Topliss-reactive ketones (excluding diaryl/α,β-unsaturated/α-hetero) is 1. The Balaban J connectivity index is 2.66. The van der Waals surface area contributed by atoms with Gasteiger partial charge in [0.15, 0.2) is 5.78 Å². The zero-order valence-electron chi connectivity index (χ0n) is 11.7. The Morgan fingerprint density at radius 1 is 1.26 bits per heavy atom. The maximum atomic E-state index is 12.2. The first kappa shape index (κ1) is 15.4. The molecule has 0 aliphatic carbocycles. The lowest BCUT2D eigenvalue weighted by molar-refractivity contribution is -0.119. The summed E-state index contributed by atoms with van der Waals surface area (Å²) in [5.41, 5.74) is 6.95. The number of hydrogen-bond donors (Lipinski definition) is 1. The third-order valence-electron chi connectivity index (χ3n) is 2.91. The Kier molecular flexibility index (Phi) is 6.22. The monoisotopic (exact) mass is 262 g/mol. The number of nitrogens with two attached hydrogens (primary N) is 1. The van der Waals surface area contributed by atoms with Crippen LogP contribution in [0, 0.1) is 6.92 Å². The summed E-state index contributed by atoms with van der Waals surface area (Å²) in [6.07, 6.45) is 1.97. The SMILES string of the molecule is CCCCN(CC(N)=O)CC(=O)c1cccc(C)c1. The van der Waals surface area contributed by atoms with Crippen molar-refractivity contribution in [3.05, 3.63) is 35.4 Å². The van der Waals surface area contributed by atoms with Crippen LogP contribution in [0.25, 0.3) is 0 Å². The minimum atomic E-state index is -0.395. The molecular weight excluding hydrogens is 240 g/mol. The van der Waals surface area contributed by atoms with Crippen LogP contribution in [0.1, 0.15) is 35.7 Å². The third-order valence-corrected chi connectivity index (χ3v) is 2.91. The molecule has 1 aromatic rings. The van der Waals surface area contributed by atoms with Crippen LogP contribution < -0.4 is 5.73 Å². The number of rotatable bonds is 8. The van der Waals surface area contributed by atoms with Gasteiger partial charge in [-0.2, -0.15) is 0 Å². The fourth-order valence-electron chi connectivity index (χ4n) is 1.93. The normalized spacial score (nSPS) is 10.7. The number of carbonyl (C=O) groups excluding carboxylic acids is 2. The van der Waals surface area contributed by atoms with E-state index in [1.165, 1.54) is 0 Å². The molecule has 0 saturated carbocycles. The third kappa shape index (κ3) is 5.66. The van der Waals surface area contributed by atoms with E-state index in [4.69, 9.17) is 5.73 Å². The molecule has 1 rings (SSSR count). The Bertz CT molecular complexity index is 444. The molecule has 0 unspecified atom stereocenters. The highest BCUT2D eigenvalue weighted by atomic mass is 16.1. The van der Waals surface area contributed by atoms with E-state index >= 15 is 0 Å². The molecule has 4 nitrogen and oxygen atoms in total. The summed E-state index contributed by atoms with van der Waals surface area (Å²) in [4.78, 5) is 25.0. The standard InChI is InChI=1S/C15H22N2O2/c1-3-4-8-17(11-15(16)19)10-14(18)13-7-5-6-12(2)9-13/h5-7,9H,3-4,8,10-11H2,1-2H3,(H2,16,19). The van der Waals surface area contributed by atoms with Crippen LogP contribution in [0.5, 0.6) is 0 Å². The lowest BCUT2D eigenvalue weighted by Gasteiger charge is -2.19. The van der Waals surface area contributed by atoms with Gasteiger partial charge in [0, 0.05) is 5.56 Å². The van der Waals surface area contributed by atoms with Gasteiger partial charge in [0.25, 0.3) is 0 Å². The Hall–Kier alpha value is -1.68. The number of aryl methyl sites for hydroxylation is 1. The summed E-state index contributed by atoms with van der Waals surface area (Å²) in [6.45, 7) is 5.13. The van der Waals surface area contributed by atoms with Crippen molar-refractivity contribution in [2.75, 3.05) is 19.6 Å². The quantitative estimate of drug-likeness (QED) is 0.726. The second kappa shape index (κ2) is 7.69. The van der Waals surface area contributed by atoms with Crippen molar-refractivity contribution in [2.24, 2.45) is 5.73 Å². The number of primary amides is 1. The largest absolute Gasteiger partial charge is 0.369 e. The lowest BCUT2D eigenvalue weighted by Crippen LogP contribution is -2.38. The summed E-state index contributed by atoms with van der Waals surface area (Å²) in [5, 5.41) is 0. The van der Waals surface area contributed by atoms with E-state index in [-0.39, 0.29) is 18.9 Å². The zero-order valence-corrected chi connectivity index (χ0v) is 11.7. The number of carbonyl (C=O) groups is 2. The van der Waals surface area contributed by atoms with Crippen molar-refractivity contribution >= 4 is 11.7 Å². The van der Waals surface area contributed by atoms with E-state index in [9.17, 15) is 9.59 Å². The van der Waals surface area contributed by atoms with E-state index < -0.39 is 5.91 Å². The maximum absolute atomic E-state index is 12.2. The molecule has 19 heavy (non-hydrogen) atoms. The highest BCUT2D eigenvalue weighted by Crippen LogP contribution is 2.06. The average molecular weight is 262 g/mol. The van der Waals surface area contributed by atoms with Crippen LogP contribution in [0.3, 0.4) is 0 Å². The van der Waals surface area contributed by atoms with Gasteiger partial charge < -0.3 is 5.73 Å². The van der Waals surface area contributed by atoms with E-state index in [0.717, 1.165) is 24.9 Å². The van der Waals surface area contributed by atoms with Gasteiger partial charge in [0.1, 0.15) is 0 Å². The molecule has 2 N–H and O–H groups in total. The van der Waals surface area contributed by atoms with Crippen molar-refractivity contribution < 1.29 is 9.59 Å². The van der Waals surface area contributed by atoms with Gasteiger partial charge in [0.2, 0.25) is 5.91 Å². The van der Waals surface area contributed by atoms with Crippen LogP contribution >= 0.6 is 0 Å². The highest BCUT2D eigenvalue weighted by molar-refractivity contribution is 5.98. The molecule has 4 heteroatoms. The fourth-order valence-corrected chi connectivity index (χ4v) is 1.93. The van der Waals surface area contributed by atoms with Crippen LogP contribution in [0.2, 0.25) is 0 Å². The molecule has 104 valence electrons. The van der Waals surface area contributed by atoms with Gasteiger partial charge in [-0.05, 0) is 26.0 Å². The molecule has 0 spiro atoms. The number of hydrogen-bond acceptors (Lipinski definition) is 3. The van der Waals surface area contributed by atoms with Gasteiger partial charge in [-0.15, -0.1) is 0 Å². The molecule has 0 bridgehead atoms. The van der Waals surface area contributed by atoms with Crippen molar-refractivity contribution in [3.63, 3.8) is 0 Å². The predicted molar refractivity (Wildman–Crippen MR) is 76.1 cm³/mol. The van der Waals surface area contributed by atoms with Gasteiger partial charge in [-0.25, -0.2) is 0 Å². The first-order chi connectivity index (χ1) is 9.02. The number of ketones is 1. The lowest BCUT2D eigenvalue weighted by atomic mass is 10.1. The van der Waals surface area contributed by atoms with Crippen molar-refractivity contribution in [2.45, 2.75) is 26.7 Å². The predicted octanol–water partition coefficient (Wildman–Crippen LogP) is 1.77. The summed E-state index contributed by atoms with van der Waals surface area (Å²) >= 11 is 0. The molecule has 1 amide bonds. The summed E-state index contributed by atoms with van der Waals surface area (Å²) in [6, 6.07) is 7.49. The summed E-state index contributed by atoms with van der Waals surface area (Å²) in [5.74, 6) is -0.366. The molecular formula is C15H22N2O2. The van der Waals surface area contributed by atoms with E-state index in [0.29, 0.717) is 5.56 Å². The van der Waals surface area contributed by atoms with E-state index in [1.54, 1.807) is 6.07 Å². The zero-order chi connectivity index (χ0) is 14.3. The molecule has 0 heterocycles. The molecule has 0 radical (unpaired) electrons. The smallest absolute Gasteiger partial charge is 0.231 e. The molecule has 0 atom stereocenters. The number of unbranched alkanes of at least 4 members (excludes halogenated alkanes) is 1. The fraction of sp³-hybridized carbons (Fsp3) is 0.467. The van der Waals surface area contributed by atoms with Gasteiger partial charge in [0.05, 0.1) is 13.1 Å². The number of amides is 1. The second-order valence-electron chi connectivity index (χ2n) is 4.82. The Morgan fingerprint density at radius 3 is 2.58 bits per heavy atom. The van der Waals surface area contributed by atoms with E-state index in [2.05, 4.69) is 6.92 Å². The maximum Gasteiger partial charge on any atom is 0.231 e. The van der Waals surface area contributed by atoms with Crippen LogP contribution in [0.15, 0.2) is 24.3 Å². The molecule has 1 aromatic carbocycles. The molecule has 0 saturated heterocycles. The summed E-state index contributed by atoms with van der Waals surface area (Å²) in [7, 11) is 0. The van der Waals surface area contributed by atoms with Crippen molar-refractivity contribution in [3.8, 4) is 0 Å². The number of nitrogens with zero attached hydrogens (tertiary/aromatic N) is 1. The average Bonchev–Trinajstić information content (AvgIpc) is 2.35. The van der Waals surface area contributed by atoms with Crippen LogP contribution in [-0.2, 0) is 4.79 Å². The van der Waals surface area contributed by atoms with Gasteiger partial charge >= 0.3 is 0 Å². The summed E-state index contributed by atoms with van der Waals surface area (Å²) < 4.78 is 0. The second-order valence-corrected chi connectivity index (χ2v) is 4.82. The number of benzene rings is 1. The minimum Gasteiger partial charge on any atom is -0.369 e. The minimum absolute atomic E-state index is 0.0288. The topological polar surface area (TPSA) is 63.4 Å². The van der Waals surface area contributed by atoms with Gasteiger partial charge in [-0.1, -0.05) is 37.1 Å². The first-order valence-electron chi connectivity index (χ1n) is 6.63. The Morgan fingerprint density at radius 2 is 2.00 bits per heavy atom. The van der Waals surface area contributed by atoms with E-state index in [1.807, 2.05) is 30.0 Å². The van der Waals surface area contributed by atoms with Crippen molar-refractivity contribution in [1.29, 1.82) is 0 Å². The first-order valence-corrected chi connectivity index (χ1v) is 6.63. The Labute approximate surface area is 114 Å². The van der Waals surface area contributed by atoms with Crippen molar-refractivity contribution in [1.82, 2.24) is 4.90 Å². The molecule has 0 aliphatic rings.